The zero-order valence-corrected chi connectivity index (χ0v) is 13.3. The Morgan fingerprint density at radius 3 is 2.33 bits per heavy atom. The van der Waals surface area contributed by atoms with Gasteiger partial charge in [-0.1, -0.05) is 39.5 Å². The quantitative estimate of drug-likeness (QED) is 0.638. The summed E-state index contributed by atoms with van der Waals surface area (Å²) in [6.07, 6.45) is 8.17. The Morgan fingerprint density at radius 2 is 1.78 bits per heavy atom. The second-order valence-corrected chi connectivity index (χ2v) is 6.48. The summed E-state index contributed by atoms with van der Waals surface area (Å²) < 4.78 is 0. The summed E-state index contributed by atoms with van der Waals surface area (Å²) in [4.78, 5) is 5.27. The molecular formula is C16H34N2. The monoisotopic (exact) mass is 254 g/mol. The van der Waals surface area contributed by atoms with E-state index in [4.69, 9.17) is 0 Å². The first kappa shape index (κ1) is 16.0. The van der Waals surface area contributed by atoms with Gasteiger partial charge in [0.2, 0.25) is 0 Å². The third-order valence-corrected chi connectivity index (χ3v) is 4.83. The number of rotatable bonds is 7. The van der Waals surface area contributed by atoms with Gasteiger partial charge in [0.25, 0.3) is 0 Å². The summed E-state index contributed by atoms with van der Waals surface area (Å²) in [6, 6.07) is 0.709. The second-order valence-electron chi connectivity index (χ2n) is 6.48. The Bertz CT molecular complexity index is 229. The number of hydrogen-bond donors (Lipinski definition) is 0. The van der Waals surface area contributed by atoms with E-state index in [0.29, 0.717) is 11.6 Å². The molecule has 2 unspecified atom stereocenters. The van der Waals surface area contributed by atoms with Crippen molar-refractivity contribution in [2.24, 2.45) is 0 Å². The van der Waals surface area contributed by atoms with Gasteiger partial charge >= 0.3 is 0 Å². The number of piperazine rings is 1. The molecule has 0 spiro atoms. The van der Waals surface area contributed by atoms with Crippen LogP contribution >= 0.6 is 0 Å². The fourth-order valence-electron chi connectivity index (χ4n) is 3.27. The fraction of sp³-hybridized carbons (Fsp3) is 1.00. The minimum Gasteiger partial charge on any atom is -0.301 e. The molecule has 1 aliphatic heterocycles. The summed E-state index contributed by atoms with van der Waals surface area (Å²) in [5.74, 6) is 0. The van der Waals surface area contributed by atoms with Gasteiger partial charge in [-0.2, -0.15) is 0 Å². The highest BCUT2D eigenvalue weighted by molar-refractivity contribution is 4.90. The molecule has 2 atom stereocenters. The summed E-state index contributed by atoms with van der Waals surface area (Å²) in [5, 5.41) is 0. The standard InChI is InChI=1S/C16H34N2/c1-6-8-9-11-16(4,10-7-2)18-13-12-17(5)15(3)14-18/h15H,6-14H2,1-5H3. The summed E-state index contributed by atoms with van der Waals surface area (Å²) in [5.41, 5.74) is 0.444. The number of nitrogens with zero attached hydrogens (tertiary/aromatic N) is 2. The minimum absolute atomic E-state index is 0.444. The first-order valence-corrected chi connectivity index (χ1v) is 7.98. The molecule has 0 aliphatic carbocycles. The molecule has 0 N–H and O–H groups in total. The first-order chi connectivity index (χ1) is 8.53. The maximum Gasteiger partial charge on any atom is 0.0192 e. The molecular weight excluding hydrogens is 220 g/mol. The van der Waals surface area contributed by atoms with Gasteiger partial charge in [-0.3, -0.25) is 4.90 Å². The number of unbranched alkanes of at least 4 members (excludes halogenated alkanes) is 2. The van der Waals surface area contributed by atoms with Gasteiger partial charge in [-0.25, -0.2) is 0 Å². The van der Waals surface area contributed by atoms with Crippen LogP contribution in [0.2, 0.25) is 0 Å². The van der Waals surface area contributed by atoms with Crippen LogP contribution in [-0.4, -0.2) is 48.1 Å². The van der Waals surface area contributed by atoms with Crippen LogP contribution in [0.4, 0.5) is 0 Å². The SMILES string of the molecule is CCCCCC(C)(CCC)N1CCN(C)C(C)C1. The summed E-state index contributed by atoms with van der Waals surface area (Å²) in [6.45, 7) is 13.2. The van der Waals surface area contributed by atoms with Crippen molar-refractivity contribution < 1.29 is 0 Å². The van der Waals surface area contributed by atoms with Crippen molar-refractivity contribution in [1.82, 2.24) is 9.80 Å². The van der Waals surface area contributed by atoms with Crippen LogP contribution in [0, 0.1) is 0 Å². The van der Waals surface area contributed by atoms with E-state index < -0.39 is 0 Å². The molecule has 1 saturated heterocycles. The Morgan fingerprint density at radius 1 is 1.06 bits per heavy atom. The molecule has 1 fully saturated rings. The van der Waals surface area contributed by atoms with Crippen LogP contribution in [0.15, 0.2) is 0 Å². The Labute approximate surface area is 115 Å². The molecule has 2 nitrogen and oxygen atoms in total. The van der Waals surface area contributed by atoms with Gasteiger partial charge in [-0.15, -0.1) is 0 Å². The van der Waals surface area contributed by atoms with Gasteiger partial charge in [0.05, 0.1) is 0 Å². The zero-order valence-electron chi connectivity index (χ0n) is 13.3. The smallest absolute Gasteiger partial charge is 0.0192 e. The van der Waals surface area contributed by atoms with Crippen molar-refractivity contribution in [2.45, 2.75) is 77.8 Å². The molecule has 0 radical (unpaired) electrons. The average Bonchev–Trinajstić information content (AvgIpc) is 2.33. The van der Waals surface area contributed by atoms with Crippen LogP contribution in [0.25, 0.3) is 0 Å². The van der Waals surface area contributed by atoms with E-state index >= 15 is 0 Å². The Balaban J connectivity index is 2.59. The van der Waals surface area contributed by atoms with Crippen molar-refractivity contribution >= 4 is 0 Å². The van der Waals surface area contributed by atoms with Crippen molar-refractivity contribution in [2.75, 3.05) is 26.7 Å². The van der Waals surface area contributed by atoms with E-state index in [9.17, 15) is 0 Å². The molecule has 0 saturated carbocycles. The highest BCUT2D eigenvalue weighted by atomic mass is 15.3. The van der Waals surface area contributed by atoms with E-state index in [1.807, 2.05) is 0 Å². The number of likely N-dealkylation sites (N-methyl/N-ethyl adjacent to an activating group) is 1. The van der Waals surface area contributed by atoms with Crippen molar-refractivity contribution in [3.8, 4) is 0 Å². The normalized spacial score (nSPS) is 26.2. The number of hydrogen-bond acceptors (Lipinski definition) is 2. The zero-order chi connectivity index (χ0) is 13.6. The molecule has 1 rings (SSSR count). The second kappa shape index (κ2) is 7.49. The highest BCUT2D eigenvalue weighted by Crippen LogP contribution is 2.29. The van der Waals surface area contributed by atoms with Crippen LogP contribution in [0.5, 0.6) is 0 Å². The lowest BCUT2D eigenvalue weighted by atomic mass is 9.86. The third-order valence-electron chi connectivity index (χ3n) is 4.83. The summed E-state index contributed by atoms with van der Waals surface area (Å²) in [7, 11) is 2.26. The van der Waals surface area contributed by atoms with Gasteiger partial charge < -0.3 is 4.90 Å². The lowest BCUT2D eigenvalue weighted by molar-refractivity contribution is 0.0121. The van der Waals surface area contributed by atoms with Crippen molar-refractivity contribution in [3.05, 3.63) is 0 Å². The predicted molar refractivity (Wildman–Crippen MR) is 81.1 cm³/mol. The van der Waals surface area contributed by atoms with E-state index in [0.717, 1.165) is 0 Å². The third kappa shape index (κ3) is 4.24. The van der Waals surface area contributed by atoms with Crippen LogP contribution in [0.3, 0.4) is 0 Å². The van der Waals surface area contributed by atoms with Gasteiger partial charge in [0, 0.05) is 31.2 Å². The lowest BCUT2D eigenvalue weighted by Crippen LogP contribution is -2.58. The molecule has 0 aromatic rings. The molecule has 0 bridgehead atoms. The lowest BCUT2D eigenvalue weighted by Gasteiger charge is -2.48. The fourth-order valence-corrected chi connectivity index (χ4v) is 3.27. The first-order valence-electron chi connectivity index (χ1n) is 7.98. The summed E-state index contributed by atoms with van der Waals surface area (Å²) >= 11 is 0. The molecule has 2 heteroatoms. The maximum atomic E-state index is 2.77. The van der Waals surface area contributed by atoms with Gasteiger partial charge in [-0.05, 0) is 33.7 Å². The van der Waals surface area contributed by atoms with Crippen LogP contribution < -0.4 is 0 Å². The highest BCUT2D eigenvalue weighted by Gasteiger charge is 2.34. The molecule has 0 aromatic carbocycles. The topological polar surface area (TPSA) is 6.48 Å². The van der Waals surface area contributed by atoms with Gasteiger partial charge in [0.1, 0.15) is 0 Å². The molecule has 18 heavy (non-hydrogen) atoms. The average molecular weight is 254 g/mol. The largest absolute Gasteiger partial charge is 0.301 e. The Hall–Kier alpha value is -0.0800. The molecule has 0 aromatic heterocycles. The van der Waals surface area contributed by atoms with Crippen LogP contribution in [0.1, 0.15) is 66.2 Å². The Kier molecular flexibility index (Phi) is 6.65. The van der Waals surface area contributed by atoms with E-state index in [1.165, 1.54) is 58.2 Å². The molecule has 1 aliphatic rings. The van der Waals surface area contributed by atoms with Crippen molar-refractivity contribution in [1.29, 1.82) is 0 Å². The van der Waals surface area contributed by atoms with E-state index in [2.05, 4.69) is 44.5 Å². The molecule has 0 amide bonds. The molecule has 1 heterocycles. The van der Waals surface area contributed by atoms with Gasteiger partial charge in [0.15, 0.2) is 0 Å². The maximum absolute atomic E-state index is 2.77. The predicted octanol–water partition coefficient (Wildman–Crippen LogP) is 3.76. The van der Waals surface area contributed by atoms with E-state index in [-0.39, 0.29) is 0 Å². The van der Waals surface area contributed by atoms with Crippen molar-refractivity contribution in [3.63, 3.8) is 0 Å². The minimum atomic E-state index is 0.444. The van der Waals surface area contributed by atoms with E-state index in [1.54, 1.807) is 0 Å². The van der Waals surface area contributed by atoms with Crippen LogP contribution in [-0.2, 0) is 0 Å². The molecule has 108 valence electrons.